The Morgan fingerprint density at radius 3 is 2.00 bits per heavy atom. The average molecular weight is 333 g/mol. The Balaban J connectivity index is 2.00. The number of rotatable bonds is 0. The molecule has 0 fully saturated rings. The summed E-state index contributed by atoms with van der Waals surface area (Å²) < 4.78 is 0. The number of nitrogens with zero attached hydrogens (tertiary/aromatic N) is 3. The molecule has 1 aliphatic rings. The molecule has 0 bridgehead atoms. The molecule has 0 N–H and O–H groups in total. The van der Waals surface area contributed by atoms with Gasteiger partial charge in [0, 0.05) is 27.7 Å². The van der Waals surface area contributed by atoms with E-state index in [1.165, 1.54) is 0 Å². The summed E-state index contributed by atoms with van der Waals surface area (Å²) >= 11 is 0. The molecule has 26 heavy (non-hydrogen) atoms. The number of para-hydroxylation sites is 2. The summed E-state index contributed by atoms with van der Waals surface area (Å²) in [6.45, 7) is 0. The number of hydrogen-bond donors (Lipinski definition) is 0. The van der Waals surface area contributed by atoms with Crippen molar-refractivity contribution in [1.29, 1.82) is 0 Å². The molecule has 0 aliphatic heterocycles. The number of aromatic nitrogens is 3. The van der Waals surface area contributed by atoms with E-state index in [0.717, 1.165) is 38.3 Å². The number of ketones is 1. The summed E-state index contributed by atoms with van der Waals surface area (Å²) in [6.07, 6.45) is 1.70. The number of hydrogen-bond acceptors (Lipinski definition) is 4. The first-order valence-corrected chi connectivity index (χ1v) is 8.44. The maximum Gasteiger partial charge on any atom is 0.214 e. The van der Waals surface area contributed by atoms with Gasteiger partial charge in [0.1, 0.15) is 17.1 Å². The van der Waals surface area contributed by atoms with Gasteiger partial charge in [-0.2, -0.15) is 0 Å². The fourth-order valence-electron chi connectivity index (χ4n) is 3.92. The molecule has 0 unspecified atom stereocenters. The Labute approximate surface area is 148 Å². The largest absolute Gasteiger partial charge is 0.287 e. The third-order valence-electron chi connectivity index (χ3n) is 5.03. The van der Waals surface area contributed by atoms with Crippen LogP contribution in [0.2, 0.25) is 0 Å². The number of fused-ring (bicyclic) bond motifs is 6. The van der Waals surface area contributed by atoms with Crippen LogP contribution in [0.3, 0.4) is 0 Å². The minimum atomic E-state index is -0.0894. The van der Waals surface area contributed by atoms with Crippen molar-refractivity contribution in [3.05, 3.63) is 78.1 Å². The van der Waals surface area contributed by atoms with Crippen molar-refractivity contribution in [1.82, 2.24) is 15.0 Å². The van der Waals surface area contributed by atoms with Crippen LogP contribution in [0.5, 0.6) is 0 Å². The van der Waals surface area contributed by atoms with Crippen LogP contribution in [0.25, 0.3) is 44.0 Å². The van der Waals surface area contributed by atoms with Crippen LogP contribution in [0, 0.1) is 0 Å². The van der Waals surface area contributed by atoms with Gasteiger partial charge < -0.3 is 0 Å². The highest BCUT2D eigenvalue weighted by Crippen LogP contribution is 2.41. The van der Waals surface area contributed by atoms with Crippen LogP contribution in [0.4, 0.5) is 0 Å². The van der Waals surface area contributed by atoms with Crippen molar-refractivity contribution in [2.45, 2.75) is 0 Å². The molecule has 0 saturated carbocycles. The minimum absolute atomic E-state index is 0.0894. The molecule has 120 valence electrons. The smallest absolute Gasteiger partial charge is 0.214 e. The van der Waals surface area contributed by atoms with E-state index in [4.69, 9.17) is 9.97 Å². The molecule has 0 radical (unpaired) electrons. The molecule has 4 nitrogen and oxygen atoms in total. The number of pyridine rings is 3. The van der Waals surface area contributed by atoms with Crippen LogP contribution in [-0.4, -0.2) is 20.7 Å². The van der Waals surface area contributed by atoms with Crippen LogP contribution in [0.15, 0.2) is 66.9 Å². The van der Waals surface area contributed by atoms with Gasteiger partial charge in [-0.3, -0.25) is 9.78 Å². The zero-order chi connectivity index (χ0) is 17.3. The predicted octanol–water partition coefficient (Wildman–Crippen LogP) is 4.54. The van der Waals surface area contributed by atoms with Gasteiger partial charge in [-0.25, -0.2) is 9.97 Å². The van der Waals surface area contributed by atoms with E-state index in [1.807, 2.05) is 36.4 Å². The summed E-state index contributed by atoms with van der Waals surface area (Å²) in [7, 11) is 0. The van der Waals surface area contributed by atoms with E-state index in [2.05, 4.69) is 17.1 Å². The molecule has 3 heterocycles. The molecule has 2 aromatic carbocycles. The predicted molar refractivity (Wildman–Crippen MR) is 101 cm³/mol. The Hall–Kier alpha value is -3.66. The van der Waals surface area contributed by atoms with Crippen LogP contribution < -0.4 is 0 Å². The van der Waals surface area contributed by atoms with Gasteiger partial charge in [0.2, 0.25) is 5.78 Å². The molecule has 4 heteroatoms. The molecule has 0 atom stereocenters. The minimum Gasteiger partial charge on any atom is -0.287 e. The summed E-state index contributed by atoms with van der Waals surface area (Å²) in [5.74, 6) is -0.0894. The highest BCUT2D eigenvalue weighted by molar-refractivity contribution is 6.31. The van der Waals surface area contributed by atoms with Crippen molar-refractivity contribution in [3.8, 4) is 11.4 Å². The van der Waals surface area contributed by atoms with Gasteiger partial charge in [-0.05, 0) is 24.3 Å². The number of carbonyl (C=O) groups is 1. The van der Waals surface area contributed by atoms with Crippen molar-refractivity contribution in [3.63, 3.8) is 0 Å². The number of benzene rings is 2. The van der Waals surface area contributed by atoms with E-state index in [9.17, 15) is 4.79 Å². The molecule has 5 aromatic rings. The Morgan fingerprint density at radius 1 is 0.615 bits per heavy atom. The van der Waals surface area contributed by atoms with Crippen LogP contribution in [-0.2, 0) is 0 Å². The highest BCUT2D eigenvalue weighted by atomic mass is 16.1. The fraction of sp³-hybridized carbons (Fsp3) is 0. The lowest BCUT2D eigenvalue weighted by atomic mass is 9.89. The second kappa shape index (κ2) is 4.70. The first-order chi connectivity index (χ1) is 12.8. The van der Waals surface area contributed by atoms with E-state index in [1.54, 1.807) is 18.3 Å². The van der Waals surface area contributed by atoms with Crippen molar-refractivity contribution in [2.75, 3.05) is 0 Å². The molecule has 6 rings (SSSR count). The molecular formula is C22H11N3O. The standard InChI is InChI=1S/C22H11N3O/c26-22-14-8-5-11-23-19(14)20-18-17(12-6-1-3-9-15(12)24-20)13-7-2-4-10-16(13)25-21(18)22/h1-11H. The molecule has 0 amide bonds. The topological polar surface area (TPSA) is 55.7 Å². The Bertz CT molecular complexity index is 1390. The monoisotopic (exact) mass is 333 g/mol. The average Bonchev–Trinajstić information content (AvgIpc) is 2.71. The first kappa shape index (κ1) is 13.6. The van der Waals surface area contributed by atoms with Gasteiger partial charge in [0.15, 0.2) is 0 Å². The molecular weight excluding hydrogens is 322 g/mol. The summed E-state index contributed by atoms with van der Waals surface area (Å²) in [5.41, 5.74) is 4.11. The zero-order valence-electron chi connectivity index (χ0n) is 13.6. The first-order valence-electron chi connectivity index (χ1n) is 8.44. The van der Waals surface area contributed by atoms with Gasteiger partial charge in [0.25, 0.3) is 0 Å². The summed E-state index contributed by atoms with van der Waals surface area (Å²) in [4.78, 5) is 27.2. The van der Waals surface area contributed by atoms with Crippen molar-refractivity contribution < 1.29 is 4.79 Å². The van der Waals surface area contributed by atoms with Gasteiger partial charge in [-0.1, -0.05) is 36.4 Å². The van der Waals surface area contributed by atoms with E-state index in [0.29, 0.717) is 17.0 Å². The maximum atomic E-state index is 13.1. The van der Waals surface area contributed by atoms with Gasteiger partial charge in [-0.15, -0.1) is 0 Å². The molecule has 0 saturated heterocycles. The highest BCUT2D eigenvalue weighted by Gasteiger charge is 2.30. The third kappa shape index (κ3) is 1.58. The van der Waals surface area contributed by atoms with Gasteiger partial charge >= 0.3 is 0 Å². The van der Waals surface area contributed by atoms with Crippen LogP contribution in [0.1, 0.15) is 16.1 Å². The summed E-state index contributed by atoms with van der Waals surface area (Å²) in [5, 5.41) is 3.88. The van der Waals surface area contributed by atoms with Crippen molar-refractivity contribution >= 4 is 38.4 Å². The van der Waals surface area contributed by atoms with E-state index < -0.39 is 0 Å². The number of carbonyl (C=O) groups excluding carboxylic acids is 1. The second-order valence-corrected chi connectivity index (χ2v) is 6.43. The van der Waals surface area contributed by atoms with Crippen molar-refractivity contribution in [2.24, 2.45) is 0 Å². The van der Waals surface area contributed by atoms with Crippen LogP contribution >= 0.6 is 0 Å². The zero-order valence-corrected chi connectivity index (χ0v) is 13.6. The third-order valence-corrected chi connectivity index (χ3v) is 5.03. The SMILES string of the molecule is O=C1c2cccnc2-c2nc3ccccc3c3c2c1nc1ccccc13. The fourth-order valence-corrected chi connectivity index (χ4v) is 3.92. The normalized spacial score (nSPS) is 12.7. The molecule has 0 spiro atoms. The lowest BCUT2D eigenvalue weighted by Gasteiger charge is -2.20. The lowest BCUT2D eigenvalue weighted by Crippen LogP contribution is -2.14. The summed E-state index contributed by atoms with van der Waals surface area (Å²) in [6, 6.07) is 19.5. The van der Waals surface area contributed by atoms with E-state index in [-0.39, 0.29) is 5.78 Å². The second-order valence-electron chi connectivity index (χ2n) is 6.43. The Morgan fingerprint density at radius 2 is 1.27 bits per heavy atom. The maximum absolute atomic E-state index is 13.1. The van der Waals surface area contributed by atoms with E-state index >= 15 is 0 Å². The molecule has 1 aliphatic carbocycles. The lowest BCUT2D eigenvalue weighted by molar-refractivity contribution is 0.103. The quantitative estimate of drug-likeness (QED) is 0.383. The van der Waals surface area contributed by atoms with Gasteiger partial charge in [0.05, 0.1) is 16.6 Å². The Kier molecular flexibility index (Phi) is 2.46. The molecule has 3 aromatic heterocycles.